The highest BCUT2D eigenvalue weighted by molar-refractivity contribution is 5.59. The Morgan fingerprint density at radius 3 is 2.72 bits per heavy atom. The fourth-order valence-corrected chi connectivity index (χ4v) is 1.74. The van der Waals surface area contributed by atoms with Crippen molar-refractivity contribution in [3.63, 3.8) is 0 Å². The first kappa shape index (κ1) is 14.8. The van der Waals surface area contributed by atoms with Crippen molar-refractivity contribution in [1.29, 1.82) is 0 Å². The molecule has 0 aliphatic carbocycles. The molecule has 2 heteroatoms. The third kappa shape index (κ3) is 5.37. The normalized spacial score (nSPS) is 11.9. The second-order valence-corrected chi connectivity index (χ2v) is 4.87. The number of rotatable bonds is 7. The molecule has 0 saturated carbocycles. The number of para-hydroxylation sites is 1. The molecule has 0 amide bonds. The van der Waals surface area contributed by atoms with Crippen LogP contribution in [-0.2, 0) is 0 Å². The summed E-state index contributed by atoms with van der Waals surface area (Å²) in [7, 11) is 0. The first-order valence-electron chi connectivity index (χ1n) is 6.77. The summed E-state index contributed by atoms with van der Waals surface area (Å²) in [6.07, 6.45) is 3.57. The van der Waals surface area contributed by atoms with Crippen LogP contribution in [0.3, 0.4) is 0 Å². The zero-order chi connectivity index (χ0) is 13.4. The molecule has 0 radical (unpaired) electrons. The summed E-state index contributed by atoms with van der Waals surface area (Å²) in [6, 6.07) is 8.19. The van der Waals surface area contributed by atoms with Crippen LogP contribution in [0.25, 0.3) is 6.08 Å². The minimum Gasteiger partial charge on any atom is -0.490 e. The molecule has 0 spiro atoms. The summed E-state index contributed by atoms with van der Waals surface area (Å²) in [6.45, 7) is 10.4. The number of benzene rings is 1. The molecule has 0 heterocycles. The van der Waals surface area contributed by atoms with Crippen LogP contribution in [0, 0.1) is 0 Å². The second kappa shape index (κ2) is 7.93. The molecule has 0 aromatic heterocycles. The Labute approximate surface area is 111 Å². The van der Waals surface area contributed by atoms with Gasteiger partial charge in [0.05, 0.1) is 6.10 Å². The van der Waals surface area contributed by atoms with Crippen LogP contribution in [-0.4, -0.2) is 19.2 Å². The van der Waals surface area contributed by atoms with Gasteiger partial charge in [0.1, 0.15) is 5.75 Å². The van der Waals surface area contributed by atoms with Gasteiger partial charge in [-0.2, -0.15) is 0 Å². The average Bonchev–Trinajstić information content (AvgIpc) is 2.31. The van der Waals surface area contributed by atoms with Crippen molar-refractivity contribution < 1.29 is 4.74 Å². The lowest BCUT2D eigenvalue weighted by Crippen LogP contribution is -2.16. The molecule has 100 valence electrons. The van der Waals surface area contributed by atoms with E-state index in [2.05, 4.69) is 45.2 Å². The zero-order valence-electron chi connectivity index (χ0n) is 12.0. The van der Waals surface area contributed by atoms with Gasteiger partial charge in [0.25, 0.3) is 0 Å². The van der Waals surface area contributed by atoms with Gasteiger partial charge >= 0.3 is 0 Å². The fraction of sp³-hybridized carbons (Fsp3) is 0.500. The molecule has 0 atom stereocenters. The van der Waals surface area contributed by atoms with Crippen molar-refractivity contribution in [3.05, 3.63) is 35.4 Å². The van der Waals surface area contributed by atoms with Gasteiger partial charge in [0, 0.05) is 12.1 Å². The third-order valence-electron chi connectivity index (χ3n) is 2.51. The fourth-order valence-electron chi connectivity index (χ4n) is 1.74. The molecule has 0 saturated heterocycles. The topological polar surface area (TPSA) is 21.3 Å². The van der Waals surface area contributed by atoms with Gasteiger partial charge < -0.3 is 10.1 Å². The Kier molecular flexibility index (Phi) is 6.51. The SMILES string of the molecule is CCCNCC(C)=Cc1ccccc1OC(C)C. The molecule has 0 aliphatic heterocycles. The predicted molar refractivity (Wildman–Crippen MR) is 79.0 cm³/mol. The van der Waals surface area contributed by atoms with E-state index in [0.29, 0.717) is 0 Å². The van der Waals surface area contributed by atoms with E-state index in [9.17, 15) is 0 Å². The maximum Gasteiger partial charge on any atom is 0.126 e. The lowest BCUT2D eigenvalue weighted by atomic mass is 10.1. The molecule has 18 heavy (non-hydrogen) atoms. The van der Waals surface area contributed by atoms with Crippen LogP contribution in [0.4, 0.5) is 0 Å². The van der Waals surface area contributed by atoms with Crippen LogP contribution in [0.1, 0.15) is 39.7 Å². The van der Waals surface area contributed by atoms with Gasteiger partial charge in [0.2, 0.25) is 0 Å². The second-order valence-electron chi connectivity index (χ2n) is 4.87. The zero-order valence-corrected chi connectivity index (χ0v) is 12.0. The molecule has 0 aliphatic rings. The maximum absolute atomic E-state index is 5.81. The smallest absolute Gasteiger partial charge is 0.126 e. The van der Waals surface area contributed by atoms with E-state index in [1.807, 2.05) is 18.2 Å². The number of ether oxygens (including phenoxy) is 1. The molecule has 0 bridgehead atoms. The van der Waals surface area contributed by atoms with Crippen LogP contribution in [0.2, 0.25) is 0 Å². The van der Waals surface area contributed by atoms with E-state index in [-0.39, 0.29) is 6.10 Å². The van der Waals surface area contributed by atoms with Gasteiger partial charge in [-0.25, -0.2) is 0 Å². The van der Waals surface area contributed by atoms with Crippen LogP contribution in [0.15, 0.2) is 29.8 Å². The summed E-state index contributed by atoms with van der Waals surface area (Å²) in [5, 5.41) is 3.41. The van der Waals surface area contributed by atoms with Gasteiger partial charge in [0.15, 0.2) is 0 Å². The Bertz CT molecular complexity index is 382. The van der Waals surface area contributed by atoms with Crippen LogP contribution < -0.4 is 10.1 Å². The molecule has 1 aromatic rings. The molecule has 2 nitrogen and oxygen atoms in total. The highest BCUT2D eigenvalue weighted by atomic mass is 16.5. The highest BCUT2D eigenvalue weighted by Crippen LogP contribution is 2.21. The van der Waals surface area contributed by atoms with Crippen molar-refractivity contribution in [3.8, 4) is 5.75 Å². The standard InChI is InChI=1S/C16H25NO/c1-5-10-17-12-14(4)11-15-8-6-7-9-16(15)18-13(2)3/h6-9,11,13,17H,5,10,12H2,1-4H3. The molecule has 1 N–H and O–H groups in total. The third-order valence-corrected chi connectivity index (χ3v) is 2.51. The van der Waals surface area contributed by atoms with E-state index in [1.54, 1.807) is 0 Å². The Morgan fingerprint density at radius 2 is 2.06 bits per heavy atom. The van der Waals surface area contributed by atoms with E-state index >= 15 is 0 Å². The van der Waals surface area contributed by atoms with Crippen molar-refractivity contribution in [2.75, 3.05) is 13.1 Å². The minimum absolute atomic E-state index is 0.207. The molecular weight excluding hydrogens is 222 g/mol. The predicted octanol–water partition coefficient (Wildman–Crippen LogP) is 3.88. The Morgan fingerprint density at radius 1 is 1.33 bits per heavy atom. The van der Waals surface area contributed by atoms with E-state index in [0.717, 1.165) is 24.4 Å². The summed E-state index contributed by atoms with van der Waals surface area (Å²) in [5.41, 5.74) is 2.48. The van der Waals surface area contributed by atoms with E-state index < -0.39 is 0 Å². The minimum atomic E-state index is 0.207. The molecule has 1 aromatic carbocycles. The molecular formula is C16H25NO. The Balaban J connectivity index is 2.72. The quantitative estimate of drug-likeness (QED) is 0.738. The molecule has 1 rings (SSSR count). The summed E-state index contributed by atoms with van der Waals surface area (Å²) >= 11 is 0. The first-order valence-corrected chi connectivity index (χ1v) is 6.77. The lowest BCUT2D eigenvalue weighted by molar-refractivity contribution is 0.242. The van der Waals surface area contributed by atoms with Crippen molar-refractivity contribution in [2.45, 2.75) is 40.2 Å². The summed E-state index contributed by atoms with van der Waals surface area (Å²) < 4.78 is 5.81. The van der Waals surface area contributed by atoms with Crippen LogP contribution >= 0.6 is 0 Å². The maximum atomic E-state index is 5.81. The number of hydrogen-bond acceptors (Lipinski definition) is 2. The lowest BCUT2D eigenvalue weighted by Gasteiger charge is -2.13. The molecule has 0 fully saturated rings. The van der Waals surface area contributed by atoms with Gasteiger partial charge in [-0.05, 0) is 39.8 Å². The Hall–Kier alpha value is -1.28. The monoisotopic (exact) mass is 247 g/mol. The first-order chi connectivity index (χ1) is 8.63. The highest BCUT2D eigenvalue weighted by Gasteiger charge is 2.02. The summed E-state index contributed by atoms with van der Waals surface area (Å²) in [4.78, 5) is 0. The van der Waals surface area contributed by atoms with Crippen molar-refractivity contribution in [2.24, 2.45) is 0 Å². The number of hydrogen-bond donors (Lipinski definition) is 1. The average molecular weight is 247 g/mol. The van der Waals surface area contributed by atoms with Crippen molar-refractivity contribution >= 4 is 6.08 Å². The summed E-state index contributed by atoms with van der Waals surface area (Å²) in [5.74, 6) is 0.961. The van der Waals surface area contributed by atoms with E-state index in [4.69, 9.17) is 4.74 Å². The van der Waals surface area contributed by atoms with Gasteiger partial charge in [-0.15, -0.1) is 0 Å². The largest absolute Gasteiger partial charge is 0.490 e. The van der Waals surface area contributed by atoms with Crippen molar-refractivity contribution in [1.82, 2.24) is 5.32 Å². The van der Waals surface area contributed by atoms with E-state index in [1.165, 1.54) is 12.0 Å². The van der Waals surface area contributed by atoms with Gasteiger partial charge in [-0.1, -0.05) is 36.8 Å². The molecule has 0 unspecified atom stereocenters. The van der Waals surface area contributed by atoms with Gasteiger partial charge in [-0.3, -0.25) is 0 Å². The number of nitrogens with one attached hydrogen (secondary N) is 1. The van der Waals surface area contributed by atoms with Crippen LogP contribution in [0.5, 0.6) is 5.75 Å².